The zero-order valence-corrected chi connectivity index (χ0v) is 14.5. The van der Waals surface area contributed by atoms with Crippen LogP contribution < -0.4 is 15.6 Å². The lowest BCUT2D eigenvalue weighted by atomic mass is 10.1. The molecule has 5 nitrogen and oxygen atoms in total. The fourth-order valence-corrected chi connectivity index (χ4v) is 2.77. The predicted molar refractivity (Wildman–Crippen MR) is 99.6 cm³/mol. The monoisotopic (exact) mass is 336 g/mol. The number of ether oxygens (including phenoxy) is 1. The minimum absolute atomic E-state index is 0.116. The summed E-state index contributed by atoms with van der Waals surface area (Å²) in [5.41, 5.74) is 3.31. The van der Waals surface area contributed by atoms with Crippen LogP contribution in [0.2, 0.25) is 0 Å². The Kier molecular flexibility index (Phi) is 4.57. The van der Waals surface area contributed by atoms with Crippen LogP contribution in [0, 0.1) is 13.8 Å². The predicted octanol–water partition coefficient (Wildman–Crippen LogP) is 3.80. The van der Waals surface area contributed by atoms with E-state index in [2.05, 4.69) is 10.3 Å². The van der Waals surface area contributed by atoms with Gasteiger partial charge < -0.3 is 15.0 Å². The van der Waals surface area contributed by atoms with E-state index in [-0.39, 0.29) is 11.5 Å². The van der Waals surface area contributed by atoms with Crippen LogP contribution >= 0.6 is 0 Å². The number of nitrogens with one attached hydrogen (secondary N) is 2. The lowest BCUT2D eigenvalue weighted by Gasteiger charge is -2.11. The number of H-pyrrole nitrogens is 1. The maximum atomic E-state index is 12.6. The summed E-state index contributed by atoms with van der Waals surface area (Å²) < 4.78 is 5.50. The first kappa shape index (κ1) is 16.8. The molecule has 0 aliphatic heterocycles. The van der Waals surface area contributed by atoms with E-state index in [1.54, 1.807) is 31.2 Å². The topological polar surface area (TPSA) is 71.2 Å². The standard InChI is InChI=1S/C20H20N2O3/c1-4-25-18-8-6-5-7-16(18)20(24)21-14-9-10-15-12(2)13(3)19(23)22-17(15)11-14/h5-11H,4H2,1-3H3,(H,21,24)(H,22,23). The summed E-state index contributed by atoms with van der Waals surface area (Å²) in [6, 6.07) is 12.6. The third-order valence-electron chi connectivity index (χ3n) is 4.26. The molecular formula is C20H20N2O3. The SMILES string of the molecule is CCOc1ccccc1C(=O)Nc1ccc2c(C)c(C)c(=O)[nH]c2c1. The van der Waals surface area contributed by atoms with Crippen molar-refractivity contribution in [3.8, 4) is 5.75 Å². The van der Waals surface area contributed by atoms with E-state index in [0.29, 0.717) is 34.7 Å². The number of amides is 1. The molecule has 0 bridgehead atoms. The van der Waals surface area contributed by atoms with Crippen LogP contribution in [-0.4, -0.2) is 17.5 Å². The molecule has 5 heteroatoms. The summed E-state index contributed by atoms with van der Waals surface area (Å²) in [5, 5.41) is 3.82. The summed E-state index contributed by atoms with van der Waals surface area (Å²) in [7, 11) is 0. The van der Waals surface area contributed by atoms with E-state index in [1.807, 2.05) is 32.0 Å². The van der Waals surface area contributed by atoms with Gasteiger partial charge in [-0.05, 0) is 50.6 Å². The molecule has 128 valence electrons. The highest BCUT2D eigenvalue weighted by molar-refractivity contribution is 6.06. The highest BCUT2D eigenvalue weighted by atomic mass is 16.5. The number of hydrogen-bond donors (Lipinski definition) is 2. The first-order valence-corrected chi connectivity index (χ1v) is 8.17. The summed E-state index contributed by atoms with van der Waals surface area (Å²) in [5.74, 6) is 0.290. The minimum Gasteiger partial charge on any atom is -0.493 e. The van der Waals surface area contributed by atoms with Crippen LogP contribution in [0.5, 0.6) is 5.75 Å². The number of hydrogen-bond acceptors (Lipinski definition) is 3. The van der Waals surface area contributed by atoms with Gasteiger partial charge in [-0.25, -0.2) is 0 Å². The number of benzene rings is 2. The maximum Gasteiger partial charge on any atom is 0.259 e. The second-order valence-corrected chi connectivity index (χ2v) is 5.85. The molecule has 25 heavy (non-hydrogen) atoms. The molecule has 2 aromatic carbocycles. The molecule has 0 aliphatic rings. The van der Waals surface area contributed by atoms with Crippen molar-refractivity contribution in [1.29, 1.82) is 0 Å². The Bertz CT molecular complexity index is 1010. The lowest BCUT2D eigenvalue weighted by molar-refractivity contribution is 0.102. The molecule has 0 fully saturated rings. The molecular weight excluding hydrogens is 316 g/mol. The number of aryl methyl sites for hydroxylation is 1. The van der Waals surface area contributed by atoms with E-state index in [1.165, 1.54) is 0 Å². The van der Waals surface area contributed by atoms with Gasteiger partial charge in [-0.1, -0.05) is 18.2 Å². The smallest absolute Gasteiger partial charge is 0.259 e. The molecule has 1 aromatic heterocycles. The van der Waals surface area contributed by atoms with E-state index < -0.39 is 0 Å². The molecule has 0 spiro atoms. The van der Waals surface area contributed by atoms with Gasteiger partial charge in [0, 0.05) is 16.6 Å². The number of aromatic nitrogens is 1. The Morgan fingerprint density at radius 2 is 1.88 bits per heavy atom. The van der Waals surface area contributed by atoms with Gasteiger partial charge in [0.25, 0.3) is 11.5 Å². The van der Waals surface area contributed by atoms with Gasteiger partial charge in [0.15, 0.2) is 0 Å². The van der Waals surface area contributed by atoms with Crippen molar-refractivity contribution < 1.29 is 9.53 Å². The third-order valence-corrected chi connectivity index (χ3v) is 4.26. The fourth-order valence-electron chi connectivity index (χ4n) is 2.77. The van der Waals surface area contributed by atoms with Crippen molar-refractivity contribution in [2.24, 2.45) is 0 Å². The molecule has 3 aromatic rings. The lowest BCUT2D eigenvalue weighted by Crippen LogP contribution is -2.14. The number of pyridine rings is 1. The second-order valence-electron chi connectivity index (χ2n) is 5.85. The fraction of sp³-hybridized carbons (Fsp3) is 0.200. The molecule has 1 heterocycles. The summed E-state index contributed by atoms with van der Waals surface area (Å²) in [6.45, 7) is 6.08. The van der Waals surface area contributed by atoms with Gasteiger partial charge in [0.2, 0.25) is 0 Å². The Morgan fingerprint density at radius 3 is 2.64 bits per heavy atom. The highest BCUT2D eigenvalue weighted by Gasteiger charge is 2.13. The average molecular weight is 336 g/mol. The van der Waals surface area contributed by atoms with Crippen molar-refractivity contribution in [3.63, 3.8) is 0 Å². The van der Waals surface area contributed by atoms with E-state index in [0.717, 1.165) is 10.9 Å². The Labute approximate surface area is 145 Å². The van der Waals surface area contributed by atoms with Crippen molar-refractivity contribution in [2.75, 3.05) is 11.9 Å². The number of para-hydroxylation sites is 1. The van der Waals surface area contributed by atoms with Crippen molar-refractivity contribution in [2.45, 2.75) is 20.8 Å². The molecule has 0 saturated carbocycles. The van der Waals surface area contributed by atoms with Crippen LogP contribution in [0.15, 0.2) is 47.3 Å². The van der Waals surface area contributed by atoms with Crippen molar-refractivity contribution >= 4 is 22.5 Å². The normalized spacial score (nSPS) is 10.7. The minimum atomic E-state index is -0.255. The molecule has 3 rings (SSSR count). The summed E-state index contributed by atoms with van der Waals surface area (Å²) >= 11 is 0. The first-order valence-electron chi connectivity index (χ1n) is 8.17. The van der Waals surface area contributed by atoms with Crippen LogP contribution in [0.1, 0.15) is 28.4 Å². The Hall–Kier alpha value is -3.08. The molecule has 0 atom stereocenters. The van der Waals surface area contributed by atoms with Crippen LogP contribution in [-0.2, 0) is 0 Å². The van der Waals surface area contributed by atoms with Crippen LogP contribution in [0.4, 0.5) is 5.69 Å². The quantitative estimate of drug-likeness (QED) is 0.761. The molecule has 1 amide bonds. The first-order chi connectivity index (χ1) is 12.0. The van der Waals surface area contributed by atoms with Gasteiger partial charge in [0.1, 0.15) is 5.75 Å². The van der Waals surface area contributed by atoms with Crippen molar-refractivity contribution in [1.82, 2.24) is 4.98 Å². The van der Waals surface area contributed by atoms with E-state index in [4.69, 9.17) is 4.74 Å². The second kappa shape index (κ2) is 6.81. The van der Waals surface area contributed by atoms with Gasteiger partial charge >= 0.3 is 0 Å². The number of fused-ring (bicyclic) bond motifs is 1. The van der Waals surface area contributed by atoms with Gasteiger partial charge in [-0.3, -0.25) is 9.59 Å². The van der Waals surface area contributed by atoms with Crippen LogP contribution in [0.25, 0.3) is 10.9 Å². The van der Waals surface area contributed by atoms with E-state index in [9.17, 15) is 9.59 Å². The van der Waals surface area contributed by atoms with Gasteiger partial charge in [-0.2, -0.15) is 0 Å². The van der Waals surface area contributed by atoms with Crippen LogP contribution in [0.3, 0.4) is 0 Å². The zero-order valence-electron chi connectivity index (χ0n) is 14.5. The average Bonchev–Trinajstić information content (AvgIpc) is 2.60. The zero-order chi connectivity index (χ0) is 18.0. The largest absolute Gasteiger partial charge is 0.493 e. The summed E-state index contributed by atoms with van der Waals surface area (Å²) in [6.07, 6.45) is 0. The molecule has 0 radical (unpaired) electrons. The van der Waals surface area contributed by atoms with Crippen molar-refractivity contribution in [3.05, 3.63) is 69.5 Å². The maximum absolute atomic E-state index is 12.6. The molecule has 0 aliphatic carbocycles. The van der Waals surface area contributed by atoms with Gasteiger partial charge in [0.05, 0.1) is 17.7 Å². The Morgan fingerprint density at radius 1 is 1.12 bits per heavy atom. The molecule has 2 N–H and O–H groups in total. The van der Waals surface area contributed by atoms with Gasteiger partial charge in [-0.15, -0.1) is 0 Å². The molecule has 0 saturated heterocycles. The number of aromatic amines is 1. The number of carbonyl (C=O) groups excluding carboxylic acids is 1. The highest BCUT2D eigenvalue weighted by Crippen LogP contribution is 2.23. The summed E-state index contributed by atoms with van der Waals surface area (Å²) in [4.78, 5) is 27.4. The van der Waals surface area contributed by atoms with E-state index >= 15 is 0 Å². The third kappa shape index (κ3) is 3.26. The Balaban J connectivity index is 1.95. The number of carbonyl (C=O) groups is 1. The number of anilines is 1. The molecule has 0 unspecified atom stereocenters. The number of rotatable bonds is 4.